The lowest BCUT2D eigenvalue weighted by Gasteiger charge is -2.39. The second-order valence-corrected chi connectivity index (χ2v) is 8.60. The quantitative estimate of drug-likeness (QED) is 0.503. The van der Waals surface area contributed by atoms with E-state index in [0.29, 0.717) is 12.4 Å². The van der Waals surface area contributed by atoms with Crippen molar-refractivity contribution in [2.45, 2.75) is 19.6 Å². The maximum Gasteiger partial charge on any atom is 0.143 e. The van der Waals surface area contributed by atoms with E-state index in [2.05, 4.69) is 21.8 Å². The van der Waals surface area contributed by atoms with Crippen LogP contribution in [0.25, 0.3) is 21.7 Å². The lowest BCUT2D eigenvalue weighted by atomic mass is 9.89. The Morgan fingerprint density at radius 2 is 1.75 bits per heavy atom. The smallest absolute Gasteiger partial charge is 0.143 e. The minimum absolute atomic E-state index is 0.119. The number of fused-ring (bicyclic) bond motifs is 3. The Morgan fingerprint density at radius 3 is 2.44 bits per heavy atom. The van der Waals surface area contributed by atoms with Crippen LogP contribution in [0.3, 0.4) is 0 Å². The summed E-state index contributed by atoms with van der Waals surface area (Å²) in [4.78, 5) is 9.03. The molecule has 1 unspecified atom stereocenters. The zero-order valence-electron chi connectivity index (χ0n) is 18.8. The Hall–Kier alpha value is -2.93. The van der Waals surface area contributed by atoms with E-state index in [-0.39, 0.29) is 6.04 Å². The van der Waals surface area contributed by atoms with Crippen LogP contribution in [0.1, 0.15) is 28.5 Å². The summed E-state index contributed by atoms with van der Waals surface area (Å²) in [5.74, 6) is 1.14. The van der Waals surface area contributed by atoms with Gasteiger partial charge in [-0.2, -0.15) is 0 Å². The van der Waals surface area contributed by atoms with Crippen LogP contribution in [0.15, 0.2) is 53.2 Å². The number of pyridine rings is 1. The normalized spacial score (nSPS) is 16.7. The molecule has 1 aliphatic rings. The van der Waals surface area contributed by atoms with E-state index in [1.165, 1.54) is 0 Å². The predicted octanol–water partition coefficient (Wildman–Crippen LogP) is 4.48. The second kappa shape index (κ2) is 8.54. The summed E-state index contributed by atoms with van der Waals surface area (Å²) in [5, 5.41) is 14.4. The maximum atomic E-state index is 11.7. The van der Waals surface area contributed by atoms with E-state index < -0.39 is 0 Å². The highest BCUT2D eigenvalue weighted by Gasteiger charge is 2.32. The van der Waals surface area contributed by atoms with Crippen molar-refractivity contribution in [3.8, 4) is 5.75 Å². The van der Waals surface area contributed by atoms with Crippen molar-refractivity contribution in [3.63, 3.8) is 0 Å². The van der Waals surface area contributed by atoms with Gasteiger partial charge in [-0.05, 0) is 31.7 Å². The van der Waals surface area contributed by atoms with E-state index in [1.807, 2.05) is 55.7 Å². The van der Waals surface area contributed by atoms with Gasteiger partial charge < -0.3 is 19.2 Å². The Labute approximate surface area is 188 Å². The maximum absolute atomic E-state index is 11.7. The predicted molar refractivity (Wildman–Crippen MR) is 126 cm³/mol. The first-order chi connectivity index (χ1) is 15.6. The van der Waals surface area contributed by atoms with Gasteiger partial charge in [0.25, 0.3) is 0 Å². The monoisotopic (exact) mass is 431 g/mol. The largest absolute Gasteiger partial charge is 0.507 e. The first-order valence-corrected chi connectivity index (χ1v) is 11.1. The molecule has 6 heteroatoms. The molecule has 6 nitrogen and oxygen atoms in total. The fourth-order valence-electron chi connectivity index (χ4n) is 4.97. The van der Waals surface area contributed by atoms with Gasteiger partial charge in [0.1, 0.15) is 17.1 Å². The Kier molecular flexibility index (Phi) is 5.59. The van der Waals surface area contributed by atoms with Crippen LogP contribution in [0.4, 0.5) is 0 Å². The zero-order chi connectivity index (χ0) is 22.2. The summed E-state index contributed by atoms with van der Waals surface area (Å²) in [5.41, 5.74) is 3.80. The molecular formula is C26H29N3O3. The standard InChI is InChI=1S/C26H29N3O3/c1-17-21(16-31-3)22-23(25(30)19-6-4-5-7-20(19)26(22)32-17)24(18-8-10-27-11-9-18)29-14-12-28(2)13-15-29/h4-11,24,30H,12-16H2,1-3H3. The van der Waals surface area contributed by atoms with Crippen molar-refractivity contribution in [1.29, 1.82) is 0 Å². The van der Waals surface area contributed by atoms with E-state index in [9.17, 15) is 5.11 Å². The fraction of sp³-hybridized carbons (Fsp3) is 0.346. The summed E-state index contributed by atoms with van der Waals surface area (Å²) in [6.07, 6.45) is 3.65. The first-order valence-electron chi connectivity index (χ1n) is 11.1. The number of aromatic hydroxyl groups is 1. The van der Waals surface area contributed by atoms with E-state index >= 15 is 0 Å². The molecule has 1 aliphatic heterocycles. The molecule has 5 rings (SSSR count). The number of nitrogens with zero attached hydrogens (tertiary/aromatic N) is 3. The number of aryl methyl sites for hydroxylation is 1. The minimum atomic E-state index is -0.119. The number of ether oxygens (including phenoxy) is 1. The minimum Gasteiger partial charge on any atom is -0.507 e. The highest BCUT2D eigenvalue weighted by atomic mass is 16.5. The van der Waals surface area contributed by atoms with Gasteiger partial charge in [0.2, 0.25) is 0 Å². The molecule has 0 aliphatic carbocycles. The highest BCUT2D eigenvalue weighted by Crippen LogP contribution is 2.47. The van der Waals surface area contributed by atoms with Crippen molar-refractivity contribution < 1.29 is 14.3 Å². The first kappa shape index (κ1) is 20.9. The number of hydrogen-bond donors (Lipinski definition) is 1. The number of furan rings is 1. The molecule has 1 N–H and O–H groups in total. The molecule has 0 bridgehead atoms. The van der Waals surface area contributed by atoms with Gasteiger partial charge >= 0.3 is 0 Å². The topological polar surface area (TPSA) is 62.0 Å². The third kappa shape index (κ3) is 3.45. The number of phenols is 1. The lowest BCUT2D eigenvalue weighted by Crippen LogP contribution is -2.46. The van der Waals surface area contributed by atoms with Gasteiger partial charge in [-0.1, -0.05) is 24.3 Å². The number of phenolic OH excluding ortho intramolecular Hbond substituents is 1. The van der Waals surface area contributed by atoms with Crippen molar-refractivity contribution in [3.05, 3.63) is 71.2 Å². The molecule has 0 saturated carbocycles. The number of aromatic nitrogens is 1. The van der Waals surface area contributed by atoms with Crippen molar-refractivity contribution in [2.24, 2.45) is 0 Å². The van der Waals surface area contributed by atoms with Crippen LogP contribution in [-0.4, -0.2) is 60.2 Å². The average Bonchev–Trinajstić information content (AvgIpc) is 3.14. The number of piperazine rings is 1. The molecule has 4 aromatic rings. The van der Waals surface area contributed by atoms with Gasteiger partial charge in [0.15, 0.2) is 0 Å². The molecular weight excluding hydrogens is 402 g/mol. The molecule has 3 heterocycles. The summed E-state index contributed by atoms with van der Waals surface area (Å²) in [6, 6.07) is 11.9. The van der Waals surface area contributed by atoms with E-state index in [0.717, 1.165) is 70.4 Å². The Bertz CT molecular complexity index is 1240. The summed E-state index contributed by atoms with van der Waals surface area (Å²) >= 11 is 0. The number of methoxy groups -OCH3 is 1. The number of rotatable bonds is 5. The van der Waals surface area contributed by atoms with Crippen LogP contribution in [-0.2, 0) is 11.3 Å². The van der Waals surface area contributed by atoms with E-state index in [1.54, 1.807) is 7.11 Å². The summed E-state index contributed by atoms with van der Waals surface area (Å²) < 4.78 is 11.9. The molecule has 0 spiro atoms. The van der Waals surface area contributed by atoms with Gasteiger partial charge in [0, 0.05) is 73.0 Å². The molecule has 32 heavy (non-hydrogen) atoms. The Balaban J connectivity index is 1.85. The molecule has 2 aromatic carbocycles. The SMILES string of the molecule is COCc1c(C)oc2c1c(C(c1ccncc1)N1CCN(C)CC1)c(O)c1ccccc12. The van der Waals surface area contributed by atoms with Crippen LogP contribution in [0, 0.1) is 6.92 Å². The van der Waals surface area contributed by atoms with Gasteiger partial charge in [-0.15, -0.1) is 0 Å². The van der Waals surface area contributed by atoms with Gasteiger partial charge in [-0.3, -0.25) is 9.88 Å². The number of hydrogen-bond acceptors (Lipinski definition) is 6. The van der Waals surface area contributed by atoms with Gasteiger partial charge in [0.05, 0.1) is 12.6 Å². The van der Waals surface area contributed by atoms with E-state index in [4.69, 9.17) is 9.15 Å². The lowest BCUT2D eigenvalue weighted by molar-refractivity contribution is 0.126. The third-order valence-electron chi connectivity index (χ3n) is 6.65. The molecule has 2 aromatic heterocycles. The summed E-state index contributed by atoms with van der Waals surface area (Å²) in [6.45, 7) is 6.18. The average molecular weight is 432 g/mol. The Morgan fingerprint density at radius 1 is 1.06 bits per heavy atom. The van der Waals surface area contributed by atoms with Crippen molar-refractivity contribution in [2.75, 3.05) is 40.3 Å². The van der Waals surface area contributed by atoms with Crippen LogP contribution < -0.4 is 0 Å². The fourth-order valence-corrected chi connectivity index (χ4v) is 4.97. The molecule has 0 amide bonds. The summed E-state index contributed by atoms with van der Waals surface area (Å²) in [7, 11) is 3.85. The van der Waals surface area contributed by atoms with Crippen LogP contribution >= 0.6 is 0 Å². The van der Waals surface area contributed by atoms with Gasteiger partial charge in [-0.25, -0.2) is 0 Å². The number of likely N-dealkylation sites (N-methyl/N-ethyl adjacent to an activating group) is 1. The molecule has 1 saturated heterocycles. The van der Waals surface area contributed by atoms with Crippen LogP contribution in [0.2, 0.25) is 0 Å². The molecule has 1 atom stereocenters. The highest BCUT2D eigenvalue weighted by molar-refractivity contribution is 6.11. The van der Waals surface area contributed by atoms with Crippen LogP contribution in [0.5, 0.6) is 5.75 Å². The van der Waals surface area contributed by atoms with Crippen molar-refractivity contribution >= 4 is 21.7 Å². The number of benzene rings is 2. The van der Waals surface area contributed by atoms with Crippen molar-refractivity contribution in [1.82, 2.24) is 14.8 Å². The molecule has 166 valence electrons. The third-order valence-corrected chi connectivity index (χ3v) is 6.65. The molecule has 0 radical (unpaired) electrons. The molecule has 1 fully saturated rings. The second-order valence-electron chi connectivity index (χ2n) is 8.60. The zero-order valence-corrected chi connectivity index (χ0v) is 18.8.